The first kappa shape index (κ1) is 15.5. The number of nitrogens with one attached hydrogen (secondary N) is 1. The predicted molar refractivity (Wildman–Crippen MR) is 88.1 cm³/mol. The molecule has 0 fully saturated rings. The molecule has 1 atom stereocenters. The molecule has 0 aliphatic rings. The smallest absolute Gasteiger partial charge is 0.305 e. The first-order valence-electron chi connectivity index (χ1n) is 6.39. The summed E-state index contributed by atoms with van der Waals surface area (Å²) in [5.41, 5.74) is 1.30. The van der Waals surface area contributed by atoms with E-state index < -0.39 is 12.0 Å². The van der Waals surface area contributed by atoms with Crippen molar-refractivity contribution in [2.24, 2.45) is 0 Å². The molecule has 0 aromatic heterocycles. The van der Waals surface area contributed by atoms with Crippen molar-refractivity contribution in [2.45, 2.75) is 12.5 Å². The summed E-state index contributed by atoms with van der Waals surface area (Å²) in [6.07, 6.45) is -0.153. The number of halogens is 1. The minimum atomic E-state index is -0.952. The van der Waals surface area contributed by atoms with Crippen LogP contribution in [0.4, 0.5) is 0 Å². The molecule has 2 aromatic carbocycles. The van der Waals surface area contributed by atoms with Crippen LogP contribution < -0.4 is 5.32 Å². The van der Waals surface area contributed by atoms with E-state index in [0.717, 1.165) is 9.13 Å². The predicted octanol–water partition coefficient (Wildman–Crippen LogP) is 3.24. The Morgan fingerprint density at radius 1 is 1.10 bits per heavy atom. The third kappa shape index (κ3) is 4.56. The van der Waals surface area contributed by atoms with Crippen molar-refractivity contribution in [3.05, 3.63) is 69.3 Å². The highest BCUT2D eigenvalue weighted by molar-refractivity contribution is 14.1. The lowest BCUT2D eigenvalue weighted by Crippen LogP contribution is -2.30. The number of aliphatic carboxylic acids is 1. The van der Waals surface area contributed by atoms with Gasteiger partial charge in [0.2, 0.25) is 0 Å². The second kappa shape index (κ2) is 7.21. The molecule has 4 nitrogen and oxygen atoms in total. The maximum Gasteiger partial charge on any atom is 0.305 e. The molecular weight excluding hydrogens is 381 g/mol. The molecule has 0 saturated carbocycles. The van der Waals surface area contributed by atoms with Crippen LogP contribution in [0.2, 0.25) is 0 Å². The van der Waals surface area contributed by atoms with E-state index in [1.54, 1.807) is 18.2 Å². The number of hydrogen-bond acceptors (Lipinski definition) is 2. The van der Waals surface area contributed by atoms with Gasteiger partial charge in [-0.1, -0.05) is 36.4 Å². The number of carbonyl (C=O) groups is 2. The molecule has 108 valence electrons. The Kier molecular flexibility index (Phi) is 5.32. The lowest BCUT2D eigenvalue weighted by molar-refractivity contribution is -0.137. The van der Waals surface area contributed by atoms with E-state index in [1.807, 2.05) is 36.4 Å². The maximum absolute atomic E-state index is 12.3. The van der Waals surface area contributed by atoms with Gasteiger partial charge < -0.3 is 10.4 Å². The molecule has 2 rings (SSSR count). The third-order valence-corrected chi connectivity index (χ3v) is 3.64. The van der Waals surface area contributed by atoms with Gasteiger partial charge in [-0.25, -0.2) is 0 Å². The van der Waals surface area contributed by atoms with Crippen LogP contribution in [-0.4, -0.2) is 17.0 Å². The van der Waals surface area contributed by atoms with Crippen molar-refractivity contribution in [1.29, 1.82) is 0 Å². The fourth-order valence-electron chi connectivity index (χ4n) is 1.98. The van der Waals surface area contributed by atoms with E-state index in [9.17, 15) is 9.59 Å². The van der Waals surface area contributed by atoms with E-state index in [1.165, 1.54) is 0 Å². The highest BCUT2D eigenvalue weighted by Crippen LogP contribution is 2.18. The molecule has 21 heavy (non-hydrogen) atoms. The zero-order valence-electron chi connectivity index (χ0n) is 11.1. The molecule has 2 N–H and O–H groups in total. The van der Waals surface area contributed by atoms with E-state index in [4.69, 9.17) is 5.11 Å². The zero-order chi connectivity index (χ0) is 15.2. The van der Waals surface area contributed by atoms with Crippen molar-refractivity contribution in [3.63, 3.8) is 0 Å². The summed E-state index contributed by atoms with van der Waals surface area (Å²) >= 11 is 2.13. The second-order valence-electron chi connectivity index (χ2n) is 4.54. The minimum absolute atomic E-state index is 0.153. The van der Waals surface area contributed by atoms with E-state index in [0.29, 0.717) is 5.56 Å². The lowest BCUT2D eigenvalue weighted by atomic mass is 10.0. The van der Waals surface area contributed by atoms with Crippen LogP contribution in [0.1, 0.15) is 28.4 Å². The molecule has 1 amide bonds. The maximum atomic E-state index is 12.3. The molecule has 0 aliphatic heterocycles. The Hall–Kier alpha value is -1.89. The molecule has 0 bridgehead atoms. The fraction of sp³-hybridized carbons (Fsp3) is 0.125. The normalized spacial score (nSPS) is 11.7. The molecule has 0 aliphatic carbocycles. The molecule has 2 aromatic rings. The third-order valence-electron chi connectivity index (χ3n) is 2.97. The van der Waals surface area contributed by atoms with E-state index >= 15 is 0 Å². The van der Waals surface area contributed by atoms with Crippen molar-refractivity contribution in [1.82, 2.24) is 5.32 Å². The van der Waals surface area contributed by atoms with Crippen LogP contribution in [0.3, 0.4) is 0 Å². The molecule has 0 spiro atoms. The first-order chi connectivity index (χ1) is 10.1. The Bertz CT molecular complexity index is 643. The monoisotopic (exact) mass is 395 g/mol. The summed E-state index contributed by atoms with van der Waals surface area (Å²) in [5, 5.41) is 11.8. The van der Waals surface area contributed by atoms with Gasteiger partial charge >= 0.3 is 5.97 Å². The molecule has 5 heteroatoms. The highest BCUT2D eigenvalue weighted by atomic mass is 127. The van der Waals surface area contributed by atoms with E-state index in [-0.39, 0.29) is 12.3 Å². The van der Waals surface area contributed by atoms with Gasteiger partial charge in [0, 0.05) is 9.13 Å². The zero-order valence-corrected chi connectivity index (χ0v) is 13.3. The van der Waals surface area contributed by atoms with Crippen LogP contribution in [0.15, 0.2) is 54.6 Å². The summed E-state index contributed by atoms with van der Waals surface area (Å²) < 4.78 is 0.953. The molecular formula is C16H14INO3. The van der Waals surface area contributed by atoms with Gasteiger partial charge in [0.05, 0.1) is 12.5 Å². The first-order valence-corrected chi connectivity index (χ1v) is 7.47. The molecule has 0 radical (unpaired) electrons. The van der Waals surface area contributed by atoms with E-state index in [2.05, 4.69) is 27.9 Å². The van der Waals surface area contributed by atoms with Crippen molar-refractivity contribution in [2.75, 3.05) is 0 Å². The fourth-order valence-corrected chi connectivity index (χ4v) is 2.53. The summed E-state index contributed by atoms with van der Waals surface area (Å²) in [4.78, 5) is 23.3. The van der Waals surface area contributed by atoms with Gasteiger partial charge in [0.1, 0.15) is 0 Å². The SMILES string of the molecule is O=C(O)CC(NC(=O)c1cccc(I)c1)c1ccccc1. The van der Waals surface area contributed by atoms with Crippen LogP contribution in [-0.2, 0) is 4.79 Å². The topological polar surface area (TPSA) is 66.4 Å². The number of carboxylic acid groups (broad SMARTS) is 1. The summed E-state index contributed by atoms with van der Waals surface area (Å²) in [5.74, 6) is -1.23. The number of amides is 1. The Balaban J connectivity index is 2.19. The summed E-state index contributed by atoms with van der Waals surface area (Å²) in [6.45, 7) is 0. The van der Waals surface area contributed by atoms with Crippen molar-refractivity contribution >= 4 is 34.5 Å². The minimum Gasteiger partial charge on any atom is -0.481 e. The van der Waals surface area contributed by atoms with Gasteiger partial charge in [-0.3, -0.25) is 9.59 Å². The van der Waals surface area contributed by atoms with Crippen LogP contribution >= 0.6 is 22.6 Å². The quantitative estimate of drug-likeness (QED) is 0.765. The summed E-state index contributed by atoms with van der Waals surface area (Å²) in [7, 11) is 0. The van der Waals surface area contributed by atoms with Gasteiger partial charge in [-0.15, -0.1) is 0 Å². The standard InChI is InChI=1S/C16H14INO3/c17-13-8-4-7-12(9-13)16(21)18-14(10-15(19)20)11-5-2-1-3-6-11/h1-9,14H,10H2,(H,18,21)(H,19,20). The van der Waals surface area contributed by atoms with Crippen LogP contribution in [0, 0.1) is 3.57 Å². The lowest BCUT2D eigenvalue weighted by Gasteiger charge is -2.17. The van der Waals surface area contributed by atoms with Crippen molar-refractivity contribution in [3.8, 4) is 0 Å². The largest absolute Gasteiger partial charge is 0.481 e. The van der Waals surface area contributed by atoms with Gasteiger partial charge in [0.15, 0.2) is 0 Å². The molecule has 1 unspecified atom stereocenters. The Morgan fingerprint density at radius 2 is 1.81 bits per heavy atom. The van der Waals surface area contributed by atoms with Crippen molar-refractivity contribution < 1.29 is 14.7 Å². The summed E-state index contributed by atoms with van der Waals surface area (Å²) in [6, 6.07) is 15.7. The Labute approximate surface area is 136 Å². The Morgan fingerprint density at radius 3 is 2.43 bits per heavy atom. The average Bonchev–Trinajstić information content (AvgIpc) is 2.47. The molecule has 0 heterocycles. The van der Waals surface area contributed by atoms with Crippen LogP contribution in [0.5, 0.6) is 0 Å². The highest BCUT2D eigenvalue weighted by Gasteiger charge is 2.18. The average molecular weight is 395 g/mol. The number of rotatable bonds is 5. The van der Waals surface area contributed by atoms with Gasteiger partial charge in [-0.05, 0) is 46.4 Å². The molecule has 0 saturated heterocycles. The number of carbonyl (C=O) groups excluding carboxylic acids is 1. The number of benzene rings is 2. The van der Waals surface area contributed by atoms with Gasteiger partial charge in [-0.2, -0.15) is 0 Å². The second-order valence-corrected chi connectivity index (χ2v) is 5.79. The number of carboxylic acids is 1. The number of hydrogen-bond donors (Lipinski definition) is 2. The van der Waals surface area contributed by atoms with Gasteiger partial charge in [0.25, 0.3) is 5.91 Å². The van der Waals surface area contributed by atoms with Crippen LogP contribution in [0.25, 0.3) is 0 Å².